The Morgan fingerprint density at radius 1 is 0.471 bits per heavy atom. The van der Waals surface area contributed by atoms with E-state index in [0.717, 1.165) is 0 Å². The average Bonchev–Trinajstić information content (AvgIpc) is 2.84. The molecule has 0 radical (unpaired) electrons. The van der Waals surface area contributed by atoms with Crippen LogP contribution in [0.1, 0.15) is 176 Å². The molecule has 0 aromatic rings. The van der Waals surface area contributed by atoms with Crippen molar-refractivity contribution in [2.75, 3.05) is 6.61 Å². The van der Waals surface area contributed by atoms with Gasteiger partial charge in [-0.15, -0.1) is 0 Å². The maximum Gasteiger partial charge on any atom is 0.334 e. The zero-order valence-corrected chi connectivity index (χ0v) is 24.4. The predicted octanol–water partition coefficient (Wildman–Crippen LogP) is 9.69. The number of carbonyl (C=O) groups is 1. The van der Waals surface area contributed by atoms with Crippen LogP contribution < -0.4 is 0 Å². The Balaban J connectivity index is -0.000000177. The molecule has 0 saturated carbocycles. The number of aliphatic hydroxyl groups excluding tert-OH is 2. The topological polar surface area (TPSA) is 77.8 Å². The quantitative estimate of drug-likeness (QED) is 0.148. The lowest BCUT2D eigenvalue weighted by molar-refractivity contribution is -0.148. The first-order valence-corrected chi connectivity index (χ1v) is 14.9. The van der Waals surface area contributed by atoms with Crippen molar-refractivity contribution in [3.8, 4) is 0 Å². The number of hydrogen-bond donors (Lipinski definition) is 3. The largest absolute Gasteiger partial charge is 0.479 e. The van der Waals surface area contributed by atoms with Crippen molar-refractivity contribution in [1.29, 1.82) is 0 Å². The highest BCUT2D eigenvalue weighted by Crippen LogP contribution is 2.07. The van der Waals surface area contributed by atoms with Gasteiger partial charge in [0.1, 0.15) is 0 Å². The average molecular weight is 491 g/mol. The number of aliphatic hydroxyl groups is 2. The standard InChI is InChI=1S/3C9H20.C3H6O4/c3*1-3-5-7-9-8-6-4-2;4-1-2(5)3(6)7/h3*3-9H2,1-2H3;2,4-5H,1H2,(H,6,7). The van der Waals surface area contributed by atoms with Gasteiger partial charge in [-0.05, 0) is 0 Å². The molecule has 1 atom stereocenters. The Labute approximate surface area is 215 Å². The molecule has 0 fully saturated rings. The summed E-state index contributed by atoms with van der Waals surface area (Å²) in [6.45, 7) is 12.9. The normalized spacial score (nSPS) is 10.7. The summed E-state index contributed by atoms with van der Waals surface area (Å²) < 4.78 is 0. The van der Waals surface area contributed by atoms with Gasteiger partial charge in [0.15, 0.2) is 6.10 Å². The van der Waals surface area contributed by atoms with Crippen LogP contribution in [0, 0.1) is 0 Å². The molecule has 0 bridgehead atoms. The van der Waals surface area contributed by atoms with E-state index in [0.29, 0.717) is 0 Å². The van der Waals surface area contributed by atoms with Crippen molar-refractivity contribution < 1.29 is 20.1 Å². The number of carboxylic acids is 1. The van der Waals surface area contributed by atoms with Gasteiger partial charge in [0.2, 0.25) is 0 Å². The molecule has 0 aromatic heterocycles. The zero-order valence-electron chi connectivity index (χ0n) is 24.4. The summed E-state index contributed by atoms with van der Waals surface area (Å²) in [6, 6.07) is 0. The Hall–Kier alpha value is -0.610. The highest BCUT2D eigenvalue weighted by Gasteiger charge is 2.08. The smallest absolute Gasteiger partial charge is 0.334 e. The van der Waals surface area contributed by atoms with Crippen molar-refractivity contribution in [3.63, 3.8) is 0 Å². The van der Waals surface area contributed by atoms with Gasteiger partial charge in [-0.25, -0.2) is 4.79 Å². The zero-order chi connectivity index (χ0) is 26.7. The SMILES string of the molecule is CCCCCCCCC.CCCCCCCCC.CCCCCCCCC.O=C(O)C(O)CO. The summed E-state index contributed by atoms with van der Waals surface area (Å²) in [5.41, 5.74) is 0. The third kappa shape index (κ3) is 53.0. The van der Waals surface area contributed by atoms with Gasteiger partial charge in [0.05, 0.1) is 6.61 Å². The van der Waals surface area contributed by atoms with Crippen LogP contribution in [0.4, 0.5) is 0 Å². The Kier molecular flexibility index (Phi) is 50.7. The molecule has 4 nitrogen and oxygen atoms in total. The summed E-state index contributed by atoms with van der Waals surface area (Å²) in [5.74, 6) is -1.40. The second-order valence-electron chi connectivity index (χ2n) is 9.34. The van der Waals surface area contributed by atoms with Crippen LogP contribution >= 0.6 is 0 Å². The lowest BCUT2D eigenvalue weighted by atomic mass is 10.1. The summed E-state index contributed by atoms with van der Waals surface area (Å²) >= 11 is 0. The molecule has 1 unspecified atom stereocenters. The molecule has 0 rings (SSSR count). The van der Waals surface area contributed by atoms with Gasteiger partial charge in [-0.2, -0.15) is 0 Å². The molecular formula is C30H66O4. The van der Waals surface area contributed by atoms with Crippen LogP contribution in [-0.2, 0) is 4.79 Å². The van der Waals surface area contributed by atoms with E-state index in [9.17, 15) is 4.79 Å². The van der Waals surface area contributed by atoms with E-state index in [4.69, 9.17) is 15.3 Å². The minimum atomic E-state index is -1.63. The highest BCUT2D eigenvalue weighted by molar-refractivity contribution is 5.71. The van der Waals surface area contributed by atoms with Gasteiger partial charge in [0.25, 0.3) is 0 Å². The van der Waals surface area contributed by atoms with Crippen molar-refractivity contribution in [3.05, 3.63) is 0 Å². The fourth-order valence-electron chi connectivity index (χ4n) is 3.17. The first kappa shape index (κ1) is 40.6. The molecule has 4 heteroatoms. The molecule has 3 N–H and O–H groups in total. The van der Waals surface area contributed by atoms with Gasteiger partial charge in [-0.1, -0.05) is 176 Å². The maximum atomic E-state index is 9.52. The van der Waals surface area contributed by atoms with Crippen LogP contribution in [0.5, 0.6) is 0 Å². The van der Waals surface area contributed by atoms with Gasteiger partial charge >= 0.3 is 5.97 Å². The second-order valence-corrected chi connectivity index (χ2v) is 9.34. The summed E-state index contributed by atoms with van der Waals surface area (Å²) in [6.07, 6.45) is 28.3. The number of carboxylic acid groups (broad SMARTS) is 1. The van der Waals surface area contributed by atoms with E-state index < -0.39 is 18.7 Å². The number of unbranched alkanes of at least 4 members (excludes halogenated alkanes) is 18. The van der Waals surface area contributed by atoms with E-state index in [1.54, 1.807) is 0 Å². The van der Waals surface area contributed by atoms with Crippen molar-refractivity contribution in [2.45, 2.75) is 182 Å². The van der Waals surface area contributed by atoms with Crippen LogP contribution in [0.2, 0.25) is 0 Å². The Bertz CT molecular complexity index is 270. The molecule has 0 amide bonds. The first-order valence-electron chi connectivity index (χ1n) is 14.9. The predicted molar refractivity (Wildman–Crippen MR) is 152 cm³/mol. The third-order valence-electron chi connectivity index (χ3n) is 5.58. The number of rotatable bonds is 20. The molecule has 0 aliphatic heterocycles. The van der Waals surface area contributed by atoms with E-state index in [-0.39, 0.29) is 0 Å². The first-order chi connectivity index (χ1) is 16.4. The molecule has 210 valence electrons. The maximum absolute atomic E-state index is 9.52. The van der Waals surface area contributed by atoms with Gasteiger partial charge in [0, 0.05) is 0 Å². The van der Waals surface area contributed by atoms with Crippen molar-refractivity contribution in [2.24, 2.45) is 0 Å². The van der Waals surface area contributed by atoms with Gasteiger partial charge < -0.3 is 15.3 Å². The van der Waals surface area contributed by atoms with E-state index in [1.165, 1.54) is 135 Å². The number of aliphatic carboxylic acids is 1. The third-order valence-corrected chi connectivity index (χ3v) is 5.58. The van der Waals surface area contributed by atoms with Crippen LogP contribution in [0.3, 0.4) is 0 Å². The number of hydrogen-bond acceptors (Lipinski definition) is 3. The Morgan fingerprint density at radius 2 is 0.647 bits per heavy atom. The minimum Gasteiger partial charge on any atom is -0.479 e. The fraction of sp³-hybridized carbons (Fsp3) is 0.967. The Morgan fingerprint density at radius 3 is 0.735 bits per heavy atom. The molecule has 0 heterocycles. The fourth-order valence-corrected chi connectivity index (χ4v) is 3.17. The van der Waals surface area contributed by atoms with Gasteiger partial charge in [-0.3, -0.25) is 0 Å². The van der Waals surface area contributed by atoms with Crippen molar-refractivity contribution in [1.82, 2.24) is 0 Å². The van der Waals surface area contributed by atoms with Crippen LogP contribution in [0.25, 0.3) is 0 Å². The molecule has 0 aliphatic rings. The highest BCUT2D eigenvalue weighted by atomic mass is 16.4. The lowest BCUT2D eigenvalue weighted by Gasteiger charge is -1.96. The summed E-state index contributed by atoms with van der Waals surface area (Å²) in [5, 5.41) is 23.7. The van der Waals surface area contributed by atoms with E-state index in [1.807, 2.05) is 0 Å². The molecule has 34 heavy (non-hydrogen) atoms. The molecule has 0 saturated heterocycles. The lowest BCUT2D eigenvalue weighted by Crippen LogP contribution is -2.22. The summed E-state index contributed by atoms with van der Waals surface area (Å²) in [4.78, 5) is 9.52. The van der Waals surface area contributed by atoms with Crippen LogP contribution in [0.15, 0.2) is 0 Å². The monoisotopic (exact) mass is 490 g/mol. The van der Waals surface area contributed by atoms with Crippen molar-refractivity contribution >= 4 is 5.97 Å². The van der Waals surface area contributed by atoms with E-state index >= 15 is 0 Å². The van der Waals surface area contributed by atoms with E-state index in [2.05, 4.69) is 41.5 Å². The minimum absolute atomic E-state index is 0.727. The molecule has 0 spiro atoms. The second kappa shape index (κ2) is 42.5. The molecular weight excluding hydrogens is 424 g/mol. The summed E-state index contributed by atoms with van der Waals surface area (Å²) in [7, 11) is 0. The molecule has 0 aliphatic carbocycles. The van der Waals surface area contributed by atoms with Crippen LogP contribution in [-0.4, -0.2) is 34.0 Å². The molecule has 0 aromatic carbocycles.